The summed E-state index contributed by atoms with van der Waals surface area (Å²) in [5, 5.41) is 4.20. The highest BCUT2D eigenvalue weighted by atomic mass is 35.5. The van der Waals surface area contributed by atoms with Crippen molar-refractivity contribution in [1.29, 1.82) is 0 Å². The van der Waals surface area contributed by atoms with Crippen molar-refractivity contribution in [2.45, 2.75) is 25.6 Å². The van der Waals surface area contributed by atoms with Gasteiger partial charge in [-0.15, -0.1) is 0 Å². The highest BCUT2D eigenvalue weighted by molar-refractivity contribution is 6.35. The van der Waals surface area contributed by atoms with Crippen LogP contribution in [0.1, 0.15) is 27.4 Å². The summed E-state index contributed by atoms with van der Waals surface area (Å²) in [6.07, 6.45) is 1.99. The van der Waals surface area contributed by atoms with E-state index in [-0.39, 0.29) is 11.6 Å². The molecule has 1 aliphatic heterocycles. The zero-order valence-corrected chi connectivity index (χ0v) is 13.2. The van der Waals surface area contributed by atoms with Gasteiger partial charge in [-0.1, -0.05) is 29.3 Å². The number of Topliss-reactive ketones (excluding diaryl/α,β-unsaturated/α-hetero) is 1. The normalized spacial score (nSPS) is 14.7. The van der Waals surface area contributed by atoms with Crippen LogP contribution in [0.2, 0.25) is 10.0 Å². The van der Waals surface area contributed by atoms with E-state index in [1.165, 1.54) is 0 Å². The number of hydrogen-bond acceptors (Lipinski definition) is 5. The van der Waals surface area contributed by atoms with Gasteiger partial charge in [0.2, 0.25) is 5.78 Å². The second-order valence-corrected chi connectivity index (χ2v) is 6.02. The van der Waals surface area contributed by atoms with Crippen LogP contribution in [0.5, 0.6) is 0 Å². The van der Waals surface area contributed by atoms with Crippen molar-refractivity contribution in [1.82, 2.24) is 15.3 Å². The molecule has 1 aromatic carbocycles. The average molecular weight is 337 g/mol. The highest BCUT2D eigenvalue weighted by Crippen LogP contribution is 2.22. The standard InChI is InChI=1S/C15H14Cl2N4O/c16-10-2-1-8(11(17)4-10)3-12(18)14(22)15-20-6-9-5-19-7-13(9)21-15/h1-2,4,6,12,19H,3,5,7,18H2. The number of rotatable bonds is 4. The van der Waals surface area contributed by atoms with E-state index in [4.69, 9.17) is 28.9 Å². The van der Waals surface area contributed by atoms with Gasteiger partial charge in [-0.3, -0.25) is 4.79 Å². The van der Waals surface area contributed by atoms with Crippen molar-refractivity contribution >= 4 is 29.0 Å². The van der Waals surface area contributed by atoms with Crippen molar-refractivity contribution in [3.63, 3.8) is 0 Å². The molecule has 1 unspecified atom stereocenters. The molecule has 1 aromatic heterocycles. The zero-order valence-electron chi connectivity index (χ0n) is 11.6. The van der Waals surface area contributed by atoms with E-state index in [0.29, 0.717) is 23.0 Å². The van der Waals surface area contributed by atoms with Gasteiger partial charge in [-0.25, -0.2) is 9.97 Å². The van der Waals surface area contributed by atoms with Crippen molar-refractivity contribution in [2.75, 3.05) is 0 Å². The number of aromatic nitrogens is 2. The molecule has 7 heteroatoms. The van der Waals surface area contributed by atoms with Crippen molar-refractivity contribution in [2.24, 2.45) is 5.73 Å². The Kier molecular flexibility index (Phi) is 4.40. The number of carbonyl (C=O) groups is 1. The van der Waals surface area contributed by atoms with Gasteiger partial charge < -0.3 is 11.1 Å². The Morgan fingerprint density at radius 3 is 2.95 bits per heavy atom. The van der Waals surface area contributed by atoms with E-state index in [9.17, 15) is 4.79 Å². The van der Waals surface area contributed by atoms with Crippen molar-refractivity contribution in [3.05, 3.63) is 57.1 Å². The van der Waals surface area contributed by atoms with Crippen molar-refractivity contribution in [3.8, 4) is 0 Å². The van der Waals surface area contributed by atoms with Gasteiger partial charge in [-0.05, 0) is 24.1 Å². The molecule has 5 nitrogen and oxygen atoms in total. The number of ketones is 1. The summed E-state index contributed by atoms with van der Waals surface area (Å²) in [6, 6.07) is 4.38. The predicted molar refractivity (Wildman–Crippen MR) is 85.0 cm³/mol. The van der Waals surface area contributed by atoms with Crippen LogP contribution in [0.25, 0.3) is 0 Å². The fourth-order valence-electron chi connectivity index (χ4n) is 2.36. The van der Waals surface area contributed by atoms with Crippen LogP contribution >= 0.6 is 23.2 Å². The third kappa shape index (κ3) is 3.13. The summed E-state index contributed by atoms with van der Waals surface area (Å²) < 4.78 is 0. The quantitative estimate of drug-likeness (QED) is 0.836. The average Bonchev–Trinajstić information content (AvgIpc) is 2.96. The maximum Gasteiger partial charge on any atom is 0.216 e. The third-order valence-corrected chi connectivity index (χ3v) is 4.16. The number of nitrogens with two attached hydrogens (primary N) is 1. The summed E-state index contributed by atoms with van der Waals surface area (Å²) in [7, 11) is 0. The topological polar surface area (TPSA) is 80.9 Å². The molecule has 0 amide bonds. The van der Waals surface area contributed by atoms with E-state index in [1.54, 1.807) is 24.4 Å². The highest BCUT2D eigenvalue weighted by Gasteiger charge is 2.22. The van der Waals surface area contributed by atoms with Gasteiger partial charge in [0.1, 0.15) is 0 Å². The summed E-state index contributed by atoms with van der Waals surface area (Å²) >= 11 is 12.0. The molecule has 3 rings (SSSR count). The maximum atomic E-state index is 12.4. The SMILES string of the molecule is NC(Cc1ccc(Cl)cc1Cl)C(=O)c1ncc2c(n1)CNC2. The molecular weight excluding hydrogens is 323 g/mol. The van der Waals surface area contributed by atoms with Crippen LogP contribution in [0.3, 0.4) is 0 Å². The second kappa shape index (κ2) is 6.30. The number of hydrogen-bond donors (Lipinski definition) is 2. The van der Waals surface area contributed by atoms with Gasteiger partial charge in [-0.2, -0.15) is 0 Å². The van der Waals surface area contributed by atoms with E-state index >= 15 is 0 Å². The number of nitrogens with zero attached hydrogens (tertiary/aromatic N) is 2. The fourth-order valence-corrected chi connectivity index (χ4v) is 2.85. The number of benzene rings is 1. The summed E-state index contributed by atoms with van der Waals surface area (Å²) in [5.74, 6) is -0.138. The van der Waals surface area contributed by atoms with Gasteiger partial charge >= 0.3 is 0 Å². The Bertz CT molecular complexity index is 735. The lowest BCUT2D eigenvalue weighted by Crippen LogP contribution is -2.34. The number of fused-ring (bicyclic) bond motifs is 1. The summed E-state index contributed by atoms with van der Waals surface area (Å²) in [5.41, 5.74) is 8.65. The Morgan fingerprint density at radius 1 is 1.36 bits per heavy atom. The molecular formula is C15H14Cl2N4O. The number of halogens is 2. The van der Waals surface area contributed by atoms with Gasteiger partial charge in [0, 0.05) is 34.9 Å². The Balaban J connectivity index is 1.77. The second-order valence-electron chi connectivity index (χ2n) is 5.18. The molecule has 2 aromatic rings. The van der Waals surface area contributed by atoms with E-state index < -0.39 is 6.04 Å². The molecule has 1 atom stereocenters. The molecule has 0 spiro atoms. The molecule has 22 heavy (non-hydrogen) atoms. The maximum absolute atomic E-state index is 12.4. The van der Waals surface area contributed by atoms with Crippen LogP contribution < -0.4 is 11.1 Å². The van der Waals surface area contributed by atoms with Crippen LogP contribution in [0, 0.1) is 0 Å². The molecule has 0 radical (unpaired) electrons. The van der Waals surface area contributed by atoms with Crippen LogP contribution in [-0.4, -0.2) is 21.8 Å². The number of carbonyl (C=O) groups excluding carboxylic acids is 1. The minimum absolute atomic E-state index is 0.153. The molecule has 1 aliphatic rings. The first kappa shape index (κ1) is 15.4. The number of nitrogens with one attached hydrogen (secondary N) is 1. The first-order valence-corrected chi connectivity index (χ1v) is 7.59. The fraction of sp³-hybridized carbons (Fsp3) is 0.267. The molecule has 0 saturated carbocycles. The molecule has 0 saturated heterocycles. The molecule has 0 bridgehead atoms. The van der Waals surface area contributed by atoms with Crippen LogP contribution in [-0.2, 0) is 19.5 Å². The lowest BCUT2D eigenvalue weighted by molar-refractivity contribution is 0.0950. The van der Waals surface area contributed by atoms with E-state index in [2.05, 4.69) is 15.3 Å². The summed E-state index contributed by atoms with van der Waals surface area (Å²) in [6.45, 7) is 1.38. The molecule has 3 N–H and O–H groups in total. The minimum atomic E-state index is -0.744. The van der Waals surface area contributed by atoms with Gasteiger partial charge in [0.15, 0.2) is 5.82 Å². The summed E-state index contributed by atoms with van der Waals surface area (Å²) in [4.78, 5) is 20.8. The molecule has 2 heterocycles. The minimum Gasteiger partial charge on any atom is -0.321 e. The molecule has 0 aliphatic carbocycles. The first-order valence-electron chi connectivity index (χ1n) is 6.84. The third-order valence-electron chi connectivity index (χ3n) is 3.57. The lowest BCUT2D eigenvalue weighted by atomic mass is 10.0. The Hall–Kier alpha value is -1.53. The predicted octanol–water partition coefficient (Wildman–Crippen LogP) is 2.14. The molecule has 0 fully saturated rings. The largest absolute Gasteiger partial charge is 0.321 e. The zero-order chi connectivity index (χ0) is 15.7. The van der Waals surface area contributed by atoms with Crippen LogP contribution in [0.15, 0.2) is 24.4 Å². The lowest BCUT2D eigenvalue weighted by Gasteiger charge is -2.11. The monoisotopic (exact) mass is 336 g/mol. The van der Waals surface area contributed by atoms with Gasteiger partial charge in [0.25, 0.3) is 0 Å². The Morgan fingerprint density at radius 2 is 2.18 bits per heavy atom. The first-order chi connectivity index (χ1) is 10.5. The molecule has 114 valence electrons. The van der Waals surface area contributed by atoms with Crippen LogP contribution in [0.4, 0.5) is 0 Å². The Labute approximate surface area is 137 Å². The van der Waals surface area contributed by atoms with Crippen molar-refractivity contribution < 1.29 is 4.79 Å². The smallest absolute Gasteiger partial charge is 0.216 e. The van der Waals surface area contributed by atoms with E-state index in [1.807, 2.05) is 0 Å². The van der Waals surface area contributed by atoms with E-state index in [0.717, 1.165) is 23.4 Å². The van der Waals surface area contributed by atoms with Gasteiger partial charge in [0.05, 0.1) is 11.7 Å².